The number of rotatable bonds is 5. The number of amides is 1. The highest BCUT2D eigenvalue weighted by molar-refractivity contribution is 5.76. The van der Waals surface area contributed by atoms with Crippen LogP contribution < -0.4 is 5.32 Å². The van der Waals surface area contributed by atoms with Crippen LogP contribution in [0.2, 0.25) is 0 Å². The van der Waals surface area contributed by atoms with Gasteiger partial charge in [0.1, 0.15) is 0 Å². The lowest BCUT2D eigenvalue weighted by Crippen LogP contribution is -2.39. The van der Waals surface area contributed by atoms with Gasteiger partial charge in [0.25, 0.3) is 0 Å². The molecule has 0 unspecified atom stereocenters. The van der Waals surface area contributed by atoms with E-state index in [4.69, 9.17) is 4.74 Å². The van der Waals surface area contributed by atoms with Gasteiger partial charge in [-0.3, -0.25) is 14.6 Å². The third-order valence-corrected chi connectivity index (χ3v) is 3.96. The monoisotopic (exact) mass is 290 g/mol. The van der Waals surface area contributed by atoms with Crippen LogP contribution in [0.4, 0.5) is 0 Å². The quantitative estimate of drug-likeness (QED) is 0.840. The van der Waals surface area contributed by atoms with Gasteiger partial charge in [-0.15, -0.1) is 0 Å². The molecule has 0 aromatic carbocycles. The van der Waals surface area contributed by atoms with Crippen molar-refractivity contribution in [3.8, 4) is 0 Å². The van der Waals surface area contributed by atoms with Gasteiger partial charge in [0.15, 0.2) is 0 Å². The third kappa shape index (κ3) is 4.85. The fraction of sp³-hybridized carbons (Fsp3) is 0.562. The maximum atomic E-state index is 11.9. The first-order valence-corrected chi connectivity index (χ1v) is 7.46. The molecule has 0 radical (unpaired) electrons. The van der Waals surface area contributed by atoms with Crippen molar-refractivity contribution in [2.45, 2.75) is 44.6 Å². The fourth-order valence-electron chi connectivity index (χ4n) is 2.73. The van der Waals surface area contributed by atoms with Crippen molar-refractivity contribution in [3.05, 3.63) is 30.1 Å². The van der Waals surface area contributed by atoms with E-state index in [0.717, 1.165) is 31.4 Å². The van der Waals surface area contributed by atoms with Crippen molar-refractivity contribution >= 4 is 11.9 Å². The Bertz CT molecular complexity index is 468. The van der Waals surface area contributed by atoms with Crippen LogP contribution >= 0.6 is 0 Å². The number of aromatic nitrogens is 1. The summed E-state index contributed by atoms with van der Waals surface area (Å²) in [5.41, 5.74) is 0.932. The molecule has 1 aliphatic rings. The Balaban J connectivity index is 1.68. The fourth-order valence-corrected chi connectivity index (χ4v) is 2.73. The number of carbonyl (C=O) groups is 2. The zero-order chi connectivity index (χ0) is 15.1. The van der Waals surface area contributed by atoms with Crippen LogP contribution in [-0.4, -0.2) is 30.0 Å². The standard InChI is InChI=1S/C16H22N2O3/c1-21-16(20)12-5-7-14(8-6-12)18-15(19)10-9-13-4-2-3-11-17-13/h2-4,11-12,14H,5-10H2,1H3,(H,18,19). The average molecular weight is 290 g/mol. The number of hydrogen-bond acceptors (Lipinski definition) is 4. The van der Waals surface area contributed by atoms with Crippen molar-refractivity contribution in [2.24, 2.45) is 5.92 Å². The minimum atomic E-state index is -0.130. The molecule has 0 bridgehead atoms. The molecule has 5 heteroatoms. The molecule has 0 saturated heterocycles. The van der Waals surface area contributed by atoms with Crippen LogP contribution in [-0.2, 0) is 20.7 Å². The lowest BCUT2D eigenvalue weighted by molar-refractivity contribution is -0.146. The molecule has 114 valence electrons. The maximum absolute atomic E-state index is 11.9. The SMILES string of the molecule is COC(=O)C1CCC(NC(=O)CCc2ccccn2)CC1. The van der Waals surface area contributed by atoms with Gasteiger partial charge >= 0.3 is 5.97 Å². The topological polar surface area (TPSA) is 68.3 Å². The van der Waals surface area contributed by atoms with Crippen molar-refractivity contribution in [3.63, 3.8) is 0 Å². The Morgan fingerprint density at radius 1 is 1.29 bits per heavy atom. The molecule has 1 fully saturated rings. The lowest BCUT2D eigenvalue weighted by Gasteiger charge is -2.27. The summed E-state index contributed by atoms with van der Waals surface area (Å²) in [6.45, 7) is 0. The zero-order valence-corrected chi connectivity index (χ0v) is 12.4. The number of nitrogens with zero attached hydrogens (tertiary/aromatic N) is 1. The van der Waals surface area contributed by atoms with Gasteiger partial charge in [-0.1, -0.05) is 6.07 Å². The molecule has 1 aliphatic carbocycles. The van der Waals surface area contributed by atoms with Crippen LogP contribution in [0.3, 0.4) is 0 Å². The Hall–Kier alpha value is -1.91. The highest BCUT2D eigenvalue weighted by Gasteiger charge is 2.27. The van der Waals surface area contributed by atoms with Gasteiger partial charge in [0.2, 0.25) is 5.91 Å². The highest BCUT2D eigenvalue weighted by atomic mass is 16.5. The number of carbonyl (C=O) groups excluding carboxylic acids is 2. The highest BCUT2D eigenvalue weighted by Crippen LogP contribution is 2.25. The first-order valence-electron chi connectivity index (χ1n) is 7.46. The predicted molar refractivity (Wildman–Crippen MR) is 78.5 cm³/mol. The summed E-state index contributed by atoms with van der Waals surface area (Å²) >= 11 is 0. The minimum absolute atomic E-state index is 0.00308. The van der Waals surface area contributed by atoms with Crippen molar-refractivity contribution < 1.29 is 14.3 Å². The van der Waals surface area contributed by atoms with Crippen molar-refractivity contribution in [1.82, 2.24) is 10.3 Å². The number of methoxy groups -OCH3 is 1. The molecule has 1 heterocycles. The van der Waals surface area contributed by atoms with Crippen molar-refractivity contribution in [2.75, 3.05) is 7.11 Å². The Morgan fingerprint density at radius 2 is 2.05 bits per heavy atom. The Labute approximate surface area is 125 Å². The summed E-state index contributed by atoms with van der Waals surface area (Å²) in [4.78, 5) is 27.6. The summed E-state index contributed by atoms with van der Waals surface area (Å²) in [7, 11) is 1.42. The summed E-state index contributed by atoms with van der Waals surface area (Å²) in [6, 6.07) is 5.90. The van der Waals surface area contributed by atoms with E-state index in [1.165, 1.54) is 7.11 Å². The van der Waals surface area contributed by atoms with Crippen LogP contribution in [0.5, 0.6) is 0 Å². The number of hydrogen-bond donors (Lipinski definition) is 1. The molecule has 21 heavy (non-hydrogen) atoms. The second-order valence-corrected chi connectivity index (χ2v) is 5.46. The second-order valence-electron chi connectivity index (χ2n) is 5.46. The van der Waals surface area contributed by atoms with E-state index in [0.29, 0.717) is 12.8 Å². The normalized spacial score (nSPS) is 21.6. The molecule has 1 N–H and O–H groups in total. The average Bonchev–Trinajstić information content (AvgIpc) is 2.54. The predicted octanol–water partition coefficient (Wildman–Crippen LogP) is 1.86. The van der Waals surface area contributed by atoms with Gasteiger partial charge < -0.3 is 10.1 Å². The molecule has 1 saturated carbocycles. The van der Waals surface area contributed by atoms with Gasteiger partial charge in [0, 0.05) is 24.4 Å². The van der Waals surface area contributed by atoms with Crippen LogP contribution in [0, 0.1) is 5.92 Å². The van der Waals surface area contributed by atoms with Gasteiger partial charge in [-0.2, -0.15) is 0 Å². The molecular formula is C16H22N2O3. The van der Waals surface area contributed by atoms with Crippen LogP contribution in [0.15, 0.2) is 24.4 Å². The maximum Gasteiger partial charge on any atom is 0.308 e. The van der Waals surface area contributed by atoms with Gasteiger partial charge in [0.05, 0.1) is 13.0 Å². The molecule has 0 spiro atoms. The number of nitrogens with one attached hydrogen (secondary N) is 1. The van der Waals surface area contributed by atoms with Gasteiger partial charge in [-0.25, -0.2) is 0 Å². The summed E-state index contributed by atoms with van der Waals surface area (Å²) in [6.07, 6.45) is 6.11. The van der Waals surface area contributed by atoms with Crippen molar-refractivity contribution in [1.29, 1.82) is 0 Å². The van der Waals surface area contributed by atoms with E-state index in [1.54, 1.807) is 6.20 Å². The smallest absolute Gasteiger partial charge is 0.308 e. The van der Waals surface area contributed by atoms with Crippen LogP contribution in [0.1, 0.15) is 37.8 Å². The number of pyridine rings is 1. The number of esters is 1. The molecule has 5 nitrogen and oxygen atoms in total. The summed E-state index contributed by atoms with van der Waals surface area (Å²) < 4.78 is 4.76. The van der Waals surface area contributed by atoms with E-state index in [1.807, 2.05) is 18.2 Å². The van der Waals surface area contributed by atoms with E-state index < -0.39 is 0 Å². The number of aryl methyl sites for hydroxylation is 1. The first kappa shape index (κ1) is 15.5. The van der Waals surface area contributed by atoms with E-state index in [-0.39, 0.29) is 23.8 Å². The Morgan fingerprint density at radius 3 is 2.67 bits per heavy atom. The third-order valence-electron chi connectivity index (χ3n) is 3.96. The first-order chi connectivity index (χ1) is 10.2. The molecular weight excluding hydrogens is 268 g/mol. The van der Waals surface area contributed by atoms with E-state index >= 15 is 0 Å². The molecule has 1 aromatic rings. The zero-order valence-electron chi connectivity index (χ0n) is 12.4. The Kier molecular flexibility index (Phi) is 5.72. The molecule has 1 aromatic heterocycles. The largest absolute Gasteiger partial charge is 0.469 e. The van der Waals surface area contributed by atoms with Crippen LogP contribution in [0.25, 0.3) is 0 Å². The number of ether oxygens (including phenoxy) is 1. The molecule has 0 aliphatic heterocycles. The molecule has 2 rings (SSSR count). The lowest BCUT2D eigenvalue weighted by atomic mass is 9.86. The molecule has 1 amide bonds. The van der Waals surface area contributed by atoms with E-state index in [9.17, 15) is 9.59 Å². The summed E-state index contributed by atoms with van der Waals surface area (Å²) in [5, 5.41) is 3.05. The summed E-state index contributed by atoms with van der Waals surface area (Å²) in [5.74, 6) is -0.0752. The van der Waals surface area contributed by atoms with E-state index in [2.05, 4.69) is 10.3 Å². The van der Waals surface area contributed by atoms with Gasteiger partial charge in [-0.05, 0) is 44.2 Å². The second kappa shape index (κ2) is 7.76. The minimum Gasteiger partial charge on any atom is -0.469 e. The molecule has 0 atom stereocenters.